The number of nitrogens with zero attached hydrogens (tertiary/aromatic N) is 1. The quantitative estimate of drug-likeness (QED) is 0.808. The van der Waals surface area contributed by atoms with Crippen LogP contribution >= 0.6 is 0 Å². The van der Waals surface area contributed by atoms with Gasteiger partial charge in [-0.1, -0.05) is 12.8 Å². The average molecular weight is 232 g/mol. The zero-order chi connectivity index (χ0) is 11.8. The van der Waals surface area contributed by atoms with Crippen LogP contribution in [0.4, 0.5) is 11.4 Å². The Morgan fingerprint density at radius 1 is 1.41 bits per heavy atom. The van der Waals surface area contributed by atoms with Crippen LogP contribution in [0.2, 0.25) is 0 Å². The highest BCUT2D eigenvalue weighted by Gasteiger charge is 2.28. The molecule has 0 radical (unpaired) electrons. The summed E-state index contributed by atoms with van der Waals surface area (Å²) in [7, 11) is 0. The van der Waals surface area contributed by atoms with Crippen molar-refractivity contribution >= 4 is 17.3 Å². The van der Waals surface area contributed by atoms with Crippen LogP contribution in [0.15, 0.2) is 18.2 Å². The molecule has 4 heteroatoms. The van der Waals surface area contributed by atoms with Gasteiger partial charge in [0.05, 0.1) is 5.69 Å². The number of carbonyl (C=O) groups excluding carboxylic acids is 1. The van der Waals surface area contributed by atoms with E-state index in [0.29, 0.717) is 5.69 Å². The molecule has 0 saturated heterocycles. The van der Waals surface area contributed by atoms with E-state index in [9.17, 15) is 4.79 Å². The molecule has 1 amide bonds. The number of hydrogen-bond donors (Lipinski definition) is 1. The normalized spacial score (nSPS) is 18.8. The molecular formula is C13H16N2O2. The first-order chi connectivity index (χ1) is 8.24. The summed E-state index contributed by atoms with van der Waals surface area (Å²) in [5.41, 5.74) is 7.24. The third-order valence-electron chi connectivity index (χ3n) is 3.38. The molecular weight excluding hydrogens is 216 g/mol. The van der Waals surface area contributed by atoms with E-state index in [2.05, 4.69) is 0 Å². The second-order valence-electron chi connectivity index (χ2n) is 4.79. The van der Waals surface area contributed by atoms with E-state index in [0.717, 1.165) is 30.3 Å². The predicted molar refractivity (Wildman–Crippen MR) is 66.0 cm³/mol. The zero-order valence-electron chi connectivity index (χ0n) is 9.69. The van der Waals surface area contributed by atoms with Gasteiger partial charge >= 0.3 is 0 Å². The van der Waals surface area contributed by atoms with Crippen molar-refractivity contribution in [3.63, 3.8) is 0 Å². The summed E-state index contributed by atoms with van der Waals surface area (Å²) in [6, 6.07) is 5.46. The molecule has 1 aromatic rings. The first-order valence-electron chi connectivity index (χ1n) is 6.07. The molecule has 90 valence electrons. The van der Waals surface area contributed by atoms with Crippen molar-refractivity contribution in [2.24, 2.45) is 5.92 Å². The van der Waals surface area contributed by atoms with Crippen molar-refractivity contribution in [2.45, 2.75) is 19.3 Å². The second kappa shape index (κ2) is 3.95. The molecule has 17 heavy (non-hydrogen) atoms. The van der Waals surface area contributed by atoms with Gasteiger partial charge in [-0.25, -0.2) is 0 Å². The van der Waals surface area contributed by atoms with E-state index in [1.54, 1.807) is 6.07 Å². The summed E-state index contributed by atoms with van der Waals surface area (Å²) < 4.78 is 5.40. The second-order valence-corrected chi connectivity index (χ2v) is 4.79. The molecule has 1 aliphatic heterocycles. The molecule has 1 aromatic carbocycles. The van der Waals surface area contributed by atoms with Gasteiger partial charge in [-0.15, -0.1) is 0 Å². The minimum absolute atomic E-state index is 0.0444. The Bertz CT molecular complexity index is 455. The number of benzene rings is 1. The Morgan fingerprint density at radius 3 is 3.00 bits per heavy atom. The number of anilines is 2. The number of amides is 1. The van der Waals surface area contributed by atoms with E-state index in [1.807, 2.05) is 17.0 Å². The number of carbonyl (C=O) groups is 1. The monoisotopic (exact) mass is 232 g/mol. The number of fused-ring (bicyclic) bond motifs is 1. The van der Waals surface area contributed by atoms with Crippen molar-refractivity contribution < 1.29 is 9.53 Å². The molecule has 4 nitrogen and oxygen atoms in total. The summed E-state index contributed by atoms with van der Waals surface area (Å²) >= 11 is 0. The zero-order valence-corrected chi connectivity index (χ0v) is 9.69. The highest BCUT2D eigenvalue weighted by atomic mass is 16.5. The molecule has 1 fully saturated rings. The van der Waals surface area contributed by atoms with Crippen molar-refractivity contribution in [1.29, 1.82) is 0 Å². The number of ether oxygens (including phenoxy) is 1. The van der Waals surface area contributed by atoms with E-state index >= 15 is 0 Å². The first-order valence-corrected chi connectivity index (χ1v) is 6.07. The van der Waals surface area contributed by atoms with E-state index in [1.165, 1.54) is 12.8 Å². The fourth-order valence-corrected chi connectivity index (χ4v) is 2.18. The minimum atomic E-state index is 0.0444. The third kappa shape index (κ3) is 2.07. The van der Waals surface area contributed by atoms with Gasteiger partial charge in [-0.2, -0.15) is 0 Å². The Balaban J connectivity index is 1.83. The molecule has 1 heterocycles. The Morgan fingerprint density at radius 2 is 2.24 bits per heavy atom. The van der Waals surface area contributed by atoms with Gasteiger partial charge in [0.25, 0.3) is 5.91 Å². The van der Waals surface area contributed by atoms with Gasteiger partial charge in [-0.05, 0) is 24.5 Å². The highest BCUT2D eigenvalue weighted by Crippen LogP contribution is 2.36. The highest BCUT2D eigenvalue weighted by molar-refractivity contribution is 5.98. The van der Waals surface area contributed by atoms with Crippen LogP contribution in [0.5, 0.6) is 5.75 Å². The number of nitrogen functional groups attached to an aromatic ring is 1. The summed E-state index contributed by atoms with van der Waals surface area (Å²) in [4.78, 5) is 13.7. The van der Waals surface area contributed by atoms with Gasteiger partial charge in [0, 0.05) is 18.3 Å². The van der Waals surface area contributed by atoms with Gasteiger partial charge in [0.2, 0.25) is 0 Å². The number of rotatable bonds is 3. The maximum Gasteiger partial charge on any atom is 0.265 e. The number of nitrogens with two attached hydrogens (primary N) is 1. The summed E-state index contributed by atoms with van der Waals surface area (Å²) in [5.74, 6) is 1.59. The predicted octanol–water partition coefficient (Wildman–Crippen LogP) is 1.79. The molecule has 0 bridgehead atoms. The lowest BCUT2D eigenvalue weighted by atomic mass is 10.2. The largest absolute Gasteiger partial charge is 0.481 e. The van der Waals surface area contributed by atoms with Crippen LogP contribution < -0.4 is 15.4 Å². The van der Waals surface area contributed by atoms with Crippen LogP contribution in [0.3, 0.4) is 0 Å². The van der Waals surface area contributed by atoms with Gasteiger partial charge < -0.3 is 15.4 Å². The van der Waals surface area contributed by atoms with E-state index < -0.39 is 0 Å². The Labute approximate surface area is 100 Å². The standard InChI is InChI=1S/C13H16N2O2/c14-10-3-4-11-12(7-10)17-8-13(16)15(11)6-5-9-1-2-9/h3-4,7,9H,1-2,5-6,8,14H2. The molecule has 2 N–H and O–H groups in total. The van der Waals surface area contributed by atoms with Crippen LogP contribution in [-0.2, 0) is 4.79 Å². The Kier molecular flexibility index (Phi) is 2.42. The molecule has 2 aliphatic rings. The third-order valence-corrected chi connectivity index (χ3v) is 3.38. The van der Waals surface area contributed by atoms with Crippen LogP contribution in [0, 0.1) is 5.92 Å². The van der Waals surface area contributed by atoms with Crippen molar-refractivity contribution in [3.05, 3.63) is 18.2 Å². The van der Waals surface area contributed by atoms with Crippen molar-refractivity contribution in [2.75, 3.05) is 23.8 Å². The smallest absolute Gasteiger partial charge is 0.265 e. The fourth-order valence-electron chi connectivity index (χ4n) is 2.18. The molecule has 0 spiro atoms. The summed E-state index contributed by atoms with van der Waals surface area (Å²) in [6.07, 6.45) is 3.72. The SMILES string of the molecule is Nc1ccc2c(c1)OCC(=O)N2CCC1CC1. The minimum Gasteiger partial charge on any atom is -0.481 e. The van der Waals surface area contributed by atoms with E-state index in [4.69, 9.17) is 10.5 Å². The first kappa shape index (κ1) is 10.4. The lowest BCUT2D eigenvalue weighted by molar-refractivity contribution is -0.121. The Hall–Kier alpha value is -1.71. The maximum absolute atomic E-state index is 11.8. The van der Waals surface area contributed by atoms with E-state index in [-0.39, 0.29) is 12.5 Å². The van der Waals surface area contributed by atoms with Crippen LogP contribution in [0.25, 0.3) is 0 Å². The molecule has 1 saturated carbocycles. The molecule has 0 aromatic heterocycles. The summed E-state index contributed by atoms with van der Waals surface area (Å²) in [5, 5.41) is 0. The van der Waals surface area contributed by atoms with Crippen molar-refractivity contribution in [3.8, 4) is 5.75 Å². The van der Waals surface area contributed by atoms with Gasteiger partial charge in [0.15, 0.2) is 6.61 Å². The molecule has 0 atom stereocenters. The average Bonchev–Trinajstić information content (AvgIpc) is 3.12. The van der Waals surface area contributed by atoms with Crippen LogP contribution in [0.1, 0.15) is 19.3 Å². The number of hydrogen-bond acceptors (Lipinski definition) is 3. The topological polar surface area (TPSA) is 55.6 Å². The lowest BCUT2D eigenvalue weighted by Gasteiger charge is -2.29. The summed E-state index contributed by atoms with van der Waals surface area (Å²) in [6.45, 7) is 0.922. The molecule has 0 unspecified atom stereocenters. The maximum atomic E-state index is 11.8. The van der Waals surface area contributed by atoms with Gasteiger partial charge in [0.1, 0.15) is 5.75 Å². The fraction of sp³-hybridized carbons (Fsp3) is 0.462. The lowest BCUT2D eigenvalue weighted by Crippen LogP contribution is -2.39. The molecule has 1 aliphatic carbocycles. The molecule has 3 rings (SSSR count). The van der Waals surface area contributed by atoms with Crippen LogP contribution in [-0.4, -0.2) is 19.1 Å². The van der Waals surface area contributed by atoms with Crippen molar-refractivity contribution in [1.82, 2.24) is 0 Å². The van der Waals surface area contributed by atoms with Gasteiger partial charge in [-0.3, -0.25) is 4.79 Å².